The van der Waals surface area contributed by atoms with Crippen LogP contribution in [0.25, 0.3) is 10.8 Å². The van der Waals surface area contributed by atoms with E-state index in [0.29, 0.717) is 5.90 Å². The second-order valence-corrected chi connectivity index (χ2v) is 7.06. The van der Waals surface area contributed by atoms with Crippen molar-refractivity contribution in [2.45, 2.75) is 13.2 Å². The first-order valence-electron chi connectivity index (χ1n) is 7.92. The molecule has 5 heteroatoms. The lowest BCUT2D eigenvalue weighted by Crippen LogP contribution is -2.25. The monoisotopic (exact) mass is 442 g/mol. The molecule has 124 valence electrons. The molecule has 0 fully saturated rings. The van der Waals surface area contributed by atoms with Gasteiger partial charge in [-0.3, -0.25) is 4.79 Å². The van der Waals surface area contributed by atoms with Gasteiger partial charge in [-0.2, -0.15) is 5.01 Å². The minimum Gasteiger partial charge on any atom is -0.446 e. The van der Waals surface area contributed by atoms with Crippen molar-refractivity contribution in [1.29, 1.82) is 0 Å². The van der Waals surface area contributed by atoms with E-state index in [0.717, 1.165) is 25.5 Å². The van der Waals surface area contributed by atoms with Crippen molar-refractivity contribution in [1.82, 2.24) is 5.01 Å². The van der Waals surface area contributed by atoms with Crippen molar-refractivity contribution in [2.24, 2.45) is 5.10 Å². The number of carbonyl (C=O) groups excluding carboxylic acids is 1. The number of hydrazone groups is 1. The predicted molar refractivity (Wildman–Crippen MR) is 106 cm³/mol. The fraction of sp³-hybridized carbons (Fsp3) is 0.100. The fourth-order valence-corrected chi connectivity index (χ4v) is 3.52. The quantitative estimate of drug-likeness (QED) is 0.541. The Morgan fingerprint density at radius 3 is 2.64 bits per heavy atom. The molecule has 0 bridgehead atoms. The van der Waals surface area contributed by atoms with E-state index in [1.807, 2.05) is 66.7 Å². The van der Waals surface area contributed by atoms with E-state index in [2.05, 4.69) is 27.7 Å². The molecule has 0 N–H and O–H groups in total. The molecule has 1 heterocycles. The van der Waals surface area contributed by atoms with E-state index in [-0.39, 0.29) is 5.91 Å². The van der Waals surface area contributed by atoms with Crippen LogP contribution in [-0.2, 0) is 9.53 Å². The van der Waals surface area contributed by atoms with Gasteiger partial charge in [0.1, 0.15) is 0 Å². The molecule has 0 saturated carbocycles. The molecule has 4 rings (SSSR count). The Bertz CT molecular complexity index is 994. The Hall–Kier alpha value is -2.41. The van der Waals surface area contributed by atoms with Crippen molar-refractivity contribution in [3.8, 4) is 0 Å². The maximum atomic E-state index is 12.1. The van der Waals surface area contributed by atoms with Crippen molar-refractivity contribution in [2.75, 3.05) is 0 Å². The number of nitrogens with zero attached hydrogens (tertiary/aromatic N) is 2. The molecule has 0 aliphatic carbocycles. The summed E-state index contributed by atoms with van der Waals surface area (Å²) in [6.45, 7) is 1.50. The Balaban J connectivity index is 1.79. The minimum atomic E-state index is -0.559. The molecule has 3 aromatic carbocycles. The molecule has 0 unspecified atom stereocenters. The topological polar surface area (TPSA) is 41.9 Å². The third-order valence-electron chi connectivity index (χ3n) is 4.13. The van der Waals surface area contributed by atoms with Gasteiger partial charge in [0.15, 0.2) is 0 Å². The summed E-state index contributed by atoms with van der Waals surface area (Å²) in [4.78, 5) is 12.1. The number of amides is 1. The third-order valence-corrected chi connectivity index (χ3v) is 4.80. The molecule has 25 heavy (non-hydrogen) atoms. The standard InChI is InChI=1S/C20H15IN2O2/c1-13(24)23-20(18-11-5-7-14-6-2-3-10-17(14)18)25-19(22-23)15-8-4-9-16(21)12-15/h2-12,20H,1H3/t20-/m0/s1. The van der Waals surface area contributed by atoms with Crippen molar-refractivity contribution >= 4 is 45.2 Å². The van der Waals surface area contributed by atoms with Gasteiger partial charge in [-0.05, 0) is 51.6 Å². The molecule has 3 aromatic rings. The van der Waals surface area contributed by atoms with Crippen LogP contribution in [-0.4, -0.2) is 16.8 Å². The first kappa shape index (κ1) is 16.1. The largest absolute Gasteiger partial charge is 0.446 e. The van der Waals surface area contributed by atoms with Gasteiger partial charge in [0, 0.05) is 21.6 Å². The number of fused-ring (bicyclic) bond motifs is 1. The van der Waals surface area contributed by atoms with Gasteiger partial charge in [0.05, 0.1) is 0 Å². The average molecular weight is 442 g/mol. The van der Waals surface area contributed by atoms with Crippen molar-refractivity contribution in [3.63, 3.8) is 0 Å². The van der Waals surface area contributed by atoms with Crippen LogP contribution < -0.4 is 0 Å². The first-order chi connectivity index (χ1) is 12.1. The lowest BCUT2D eigenvalue weighted by molar-refractivity contribution is -0.135. The van der Waals surface area contributed by atoms with Crippen LogP contribution in [0.4, 0.5) is 0 Å². The average Bonchev–Trinajstić information content (AvgIpc) is 3.07. The fourth-order valence-electron chi connectivity index (χ4n) is 2.97. The summed E-state index contributed by atoms with van der Waals surface area (Å²) in [6.07, 6.45) is -0.559. The molecule has 0 spiro atoms. The van der Waals surface area contributed by atoms with Gasteiger partial charge in [0.25, 0.3) is 0 Å². The SMILES string of the molecule is CC(=O)N1N=C(c2cccc(I)c2)O[C@H]1c1cccc2ccccc12. The zero-order valence-electron chi connectivity index (χ0n) is 13.5. The Morgan fingerprint density at radius 2 is 1.84 bits per heavy atom. The third kappa shape index (κ3) is 3.00. The van der Waals surface area contributed by atoms with Gasteiger partial charge in [-0.25, -0.2) is 0 Å². The summed E-state index contributed by atoms with van der Waals surface area (Å²) in [5.41, 5.74) is 1.79. The molecule has 1 amide bonds. The van der Waals surface area contributed by atoms with Crippen LogP contribution in [0.3, 0.4) is 0 Å². The zero-order chi connectivity index (χ0) is 17.4. The van der Waals surface area contributed by atoms with E-state index in [1.54, 1.807) is 0 Å². The minimum absolute atomic E-state index is 0.154. The van der Waals surface area contributed by atoms with Gasteiger partial charge >= 0.3 is 0 Å². The predicted octanol–water partition coefficient (Wildman–Crippen LogP) is 4.68. The highest BCUT2D eigenvalue weighted by Gasteiger charge is 2.34. The van der Waals surface area contributed by atoms with Gasteiger partial charge < -0.3 is 4.74 Å². The highest BCUT2D eigenvalue weighted by atomic mass is 127. The summed E-state index contributed by atoms with van der Waals surface area (Å²) >= 11 is 2.25. The summed E-state index contributed by atoms with van der Waals surface area (Å²) in [7, 11) is 0. The van der Waals surface area contributed by atoms with Crippen molar-refractivity contribution in [3.05, 3.63) is 81.4 Å². The number of halogens is 1. The Labute approximate surface area is 159 Å². The van der Waals surface area contributed by atoms with Crippen LogP contribution in [0.1, 0.15) is 24.3 Å². The van der Waals surface area contributed by atoms with E-state index >= 15 is 0 Å². The smallest absolute Gasteiger partial charge is 0.243 e. The summed E-state index contributed by atoms with van der Waals surface area (Å²) in [5.74, 6) is 0.310. The molecular weight excluding hydrogens is 427 g/mol. The Kier molecular flexibility index (Phi) is 4.17. The lowest BCUT2D eigenvalue weighted by atomic mass is 10.0. The summed E-state index contributed by atoms with van der Waals surface area (Å²) in [5, 5.41) is 8.01. The van der Waals surface area contributed by atoms with Crippen LogP contribution in [0.5, 0.6) is 0 Å². The lowest BCUT2D eigenvalue weighted by Gasteiger charge is -2.20. The molecule has 1 aliphatic rings. The number of rotatable bonds is 2. The van der Waals surface area contributed by atoms with Crippen molar-refractivity contribution < 1.29 is 9.53 Å². The van der Waals surface area contributed by atoms with E-state index in [4.69, 9.17) is 4.74 Å². The molecule has 0 saturated heterocycles. The highest BCUT2D eigenvalue weighted by molar-refractivity contribution is 14.1. The maximum absolute atomic E-state index is 12.1. The molecule has 0 aromatic heterocycles. The maximum Gasteiger partial charge on any atom is 0.243 e. The molecular formula is C20H15IN2O2. The zero-order valence-corrected chi connectivity index (χ0v) is 15.7. The number of hydrogen-bond donors (Lipinski definition) is 0. The van der Waals surface area contributed by atoms with Crippen LogP contribution in [0, 0.1) is 3.57 Å². The van der Waals surface area contributed by atoms with Gasteiger partial charge in [0.2, 0.25) is 18.0 Å². The van der Waals surface area contributed by atoms with Crippen LogP contribution in [0.2, 0.25) is 0 Å². The van der Waals surface area contributed by atoms with E-state index in [9.17, 15) is 4.79 Å². The number of hydrogen-bond acceptors (Lipinski definition) is 3. The number of carbonyl (C=O) groups is 1. The van der Waals surface area contributed by atoms with E-state index < -0.39 is 6.23 Å². The van der Waals surface area contributed by atoms with Crippen LogP contribution >= 0.6 is 22.6 Å². The Morgan fingerprint density at radius 1 is 1.08 bits per heavy atom. The molecule has 0 radical (unpaired) electrons. The highest BCUT2D eigenvalue weighted by Crippen LogP contribution is 2.34. The molecule has 1 aliphatic heterocycles. The number of ether oxygens (including phenoxy) is 1. The second kappa shape index (κ2) is 6.48. The first-order valence-corrected chi connectivity index (χ1v) is 9.00. The summed E-state index contributed by atoms with van der Waals surface area (Å²) < 4.78 is 7.21. The normalized spacial score (nSPS) is 16.6. The summed E-state index contributed by atoms with van der Waals surface area (Å²) in [6, 6.07) is 22.0. The van der Waals surface area contributed by atoms with Gasteiger partial charge in [-0.15, -0.1) is 5.10 Å². The molecule has 1 atom stereocenters. The van der Waals surface area contributed by atoms with Gasteiger partial charge in [-0.1, -0.05) is 48.5 Å². The number of benzene rings is 3. The van der Waals surface area contributed by atoms with Crippen LogP contribution in [0.15, 0.2) is 71.8 Å². The van der Waals surface area contributed by atoms with E-state index in [1.165, 1.54) is 11.9 Å². The second-order valence-electron chi connectivity index (χ2n) is 5.82. The molecule has 4 nitrogen and oxygen atoms in total.